The Hall–Kier alpha value is -2.27. The van der Waals surface area contributed by atoms with Gasteiger partial charge in [-0.3, -0.25) is 0 Å². The number of anilines is 1. The number of fused-ring (bicyclic) bond motifs is 1. The molecular formula is C20H24N2O3. The number of methoxy groups -OCH3 is 1. The van der Waals surface area contributed by atoms with Crippen LogP contribution in [-0.4, -0.2) is 42.5 Å². The van der Waals surface area contributed by atoms with Crippen LogP contribution in [0.5, 0.6) is 11.5 Å². The minimum Gasteiger partial charge on any atom is -0.493 e. The summed E-state index contributed by atoms with van der Waals surface area (Å²) in [5.74, 6) is 3.44. The van der Waals surface area contributed by atoms with Gasteiger partial charge in [0.1, 0.15) is 11.9 Å². The molecule has 2 fully saturated rings. The molecule has 25 heavy (non-hydrogen) atoms. The minimum atomic E-state index is -0.449. The van der Waals surface area contributed by atoms with Crippen molar-refractivity contribution < 1.29 is 14.6 Å². The Bertz CT molecular complexity index is 709. The van der Waals surface area contributed by atoms with Crippen LogP contribution < -0.4 is 14.4 Å². The van der Waals surface area contributed by atoms with E-state index in [9.17, 15) is 5.11 Å². The highest BCUT2D eigenvalue weighted by Crippen LogP contribution is 2.40. The average Bonchev–Trinajstić information content (AvgIpc) is 3.06. The van der Waals surface area contributed by atoms with E-state index >= 15 is 0 Å². The number of nitrogens with zero attached hydrogens (tertiary/aromatic N) is 2. The number of para-hydroxylation sites is 2. The van der Waals surface area contributed by atoms with Gasteiger partial charge in [0.2, 0.25) is 0 Å². The number of aliphatic hydroxyl groups is 1. The summed E-state index contributed by atoms with van der Waals surface area (Å²) in [5.41, 5.74) is 0. The Morgan fingerprint density at radius 1 is 1.00 bits per heavy atom. The van der Waals surface area contributed by atoms with Gasteiger partial charge < -0.3 is 19.5 Å². The van der Waals surface area contributed by atoms with E-state index in [2.05, 4.69) is 16.0 Å². The standard InChI is InChI=1S/C20H24N2O3/c1-24-17-6-2-3-7-18(17)25-19-11-15-13-22(12-14(15)10-16(19)23)20-8-4-5-9-21-20/h2-9,14-16,19,23H,10-13H2,1H3/t14-,15+,16+,19+/m0/s1. The van der Waals surface area contributed by atoms with Gasteiger partial charge in [0.15, 0.2) is 11.5 Å². The zero-order valence-corrected chi connectivity index (χ0v) is 14.4. The fourth-order valence-corrected chi connectivity index (χ4v) is 4.12. The Labute approximate surface area is 148 Å². The molecule has 2 heterocycles. The van der Waals surface area contributed by atoms with Gasteiger partial charge in [-0.2, -0.15) is 0 Å². The Morgan fingerprint density at radius 2 is 1.72 bits per heavy atom. The van der Waals surface area contributed by atoms with Crippen molar-refractivity contribution in [2.45, 2.75) is 25.0 Å². The number of rotatable bonds is 4. The zero-order chi connectivity index (χ0) is 17.2. The SMILES string of the molecule is COc1ccccc1O[C@@H]1C[C@@H]2CN(c3ccccn3)C[C@@H]2C[C@H]1O. The molecule has 1 saturated carbocycles. The van der Waals surface area contributed by atoms with Crippen LogP contribution in [0.3, 0.4) is 0 Å². The van der Waals surface area contributed by atoms with E-state index in [-0.39, 0.29) is 6.10 Å². The Balaban J connectivity index is 1.46. The van der Waals surface area contributed by atoms with Gasteiger partial charge in [-0.25, -0.2) is 4.98 Å². The van der Waals surface area contributed by atoms with Crippen molar-refractivity contribution in [1.82, 2.24) is 4.98 Å². The molecule has 0 amide bonds. The molecule has 0 bridgehead atoms. The molecule has 5 nitrogen and oxygen atoms in total. The Morgan fingerprint density at radius 3 is 2.44 bits per heavy atom. The van der Waals surface area contributed by atoms with Crippen LogP contribution in [0.4, 0.5) is 5.82 Å². The second-order valence-corrected chi connectivity index (χ2v) is 6.96. The molecule has 0 spiro atoms. The molecule has 132 valence electrons. The molecule has 0 unspecified atom stereocenters. The predicted octanol–water partition coefficient (Wildman–Crippen LogP) is 2.74. The highest BCUT2D eigenvalue weighted by atomic mass is 16.5. The van der Waals surface area contributed by atoms with Gasteiger partial charge in [-0.05, 0) is 48.9 Å². The third-order valence-electron chi connectivity index (χ3n) is 5.41. The molecule has 1 saturated heterocycles. The average molecular weight is 340 g/mol. The van der Waals surface area contributed by atoms with Crippen LogP contribution in [0.2, 0.25) is 0 Å². The van der Waals surface area contributed by atoms with Crippen molar-refractivity contribution in [3.8, 4) is 11.5 Å². The fourth-order valence-electron chi connectivity index (χ4n) is 4.12. The maximum Gasteiger partial charge on any atom is 0.161 e. The molecule has 1 aromatic heterocycles. The van der Waals surface area contributed by atoms with Gasteiger partial charge in [-0.1, -0.05) is 18.2 Å². The molecule has 1 N–H and O–H groups in total. The van der Waals surface area contributed by atoms with E-state index in [0.717, 1.165) is 31.7 Å². The van der Waals surface area contributed by atoms with Crippen molar-refractivity contribution in [3.05, 3.63) is 48.7 Å². The quantitative estimate of drug-likeness (QED) is 0.927. The lowest BCUT2D eigenvalue weighted by molar-refractivity contribution is -0.0240. The van der Waals surface area contributed by atoms with Crippen molar-refractivity contribution in [2.24, 2.45) is 11.8 Å². The molecule has 5 heteroatoms. The van der Waals surface area contributed by atoms with Crippen molar-refractivity contribution >= 4 is 5.82 Å². The van der Waals surface area contributed by atoms with Crippen LogP contribution >= 0.6 is 0 Å². The molecule has 4 rings (SSSR count). The van der Waals surface area contributed by atoms with Crippen LogP contribution in [-0.2, 0) is 0 Å². The van der Waals surface area contributed by atoms with E-state index in [0.29, 0.717) is 23.3 Å². The number of hydrogen-bond acceptors (Lipinski definition) is 5. The minimum absolute atomic E-state index is 0.193. The first kappa shape index (κ1) is 16.2. The van der Waals surface area contributed by atoms with E-state index < -0.39 is 6.10 Å². The summed E-state index contributed by atoms with van der Waals surface area (Å²) in [7, 11) is 1.64. The molecule has 1 aliphatic heterocycles. The van der Waals surface area contributed by atoms with E-state index in [1.807, 2.05) is 42.6 Å². The normalized spacial score (nSPS) is 28.5. The predicted molar refractivity (Wildman–Crippen MR) is 96.1 cm³/mol. The molecule has 2 aromatic rings. The summed E-state index contributed by atoms with van der Waals surface area (Å²) in [6.45, 7) is 1.93. The topological polar surface area (TPSA) is 54.8 Å². The highest BCUT2D eigenvalue weighted by Gasteiger charge is 2.43. The summed E-state index contributed by atoms with van der Waals surface area (Å²) in [5, 5.41) is 10.6. The first-order chi connectivity index (χ1) is 12.2. The van der Waals surface area contributed by atoms with Gasteiger partial charge in [0.25, 0.3) is 0 Å². The summed E-state index contributed by atoms with van der Waals surface area (Å²) in [6.07, 6.45) is 2.82. The largest absolute Gasteiger partial charge is 0.493 e. The second kappa shape index (κ2) is 6.92. The smallest absolute Gasteiger partial charge is 0.161 e. The highest BCUT2D eigenvalue weighted by molar-refractivity contribution is 5.41. The first-order valence-electron chi connectivity index (χ1n) is 8.88. The third kappa shape index (κ3) is 3.29. The third-order valence-corrected chi connectivity index (χ3v) is 5.41. The van der Waals surface area contributed by atoms with Crippen LogP contribution in [0.1, 0.15) is 12.8 Å². The van der Waals surface area contributed by atoms with Gasteiger partial charge in [0.05, 0.1) is 13.2 Å². The molecule has 4 atom stereocenters. The van der Waals surface area contributed by atoms with Crippen LogP contribution in [0.15, 0.2) is 48.7 Å². The second-order valence-electron chi connectivity index (χ2n) is 6.96. The monoisotopic (exact) mass is 340 g/mol. The number of benzene rings is 1. The summed E-state index contributed by atoms with van der Waals surface area (Å²) in [4.78, 5) is 6.79. The fraction of sp³-hybridized carbons (Fsp3) is 0.450. The maximum absolute atomic E-state index is 10.6. The van der Waals surface area contributed by atoms with E-state index in [4.69, 9.17) is 9.47 Å². The van der Waals surface area contributed by atoms with Gasteiger partial charge in [0, 0.05) is 19.3 Å². The summed E-state index contributed by atoms with van der Waals surface area (Å²) < 4.78 is 11.5. The number of pyridine rings is 1. The van der Waals surface area contributed by atoms with Crippen molar-refractivity contribution in [3.63, 3.8) is 0 Å². The number of aliphatic hydroxyl groups excluding tert-OH is 1. The van der Waals surface area contributed by atoms with Crippen LogP contribution in [0, 0.1) is 11.8 Å². The van der Waals surface area contributed by atoms with Gasteiger partial charge >= 0.3 is 0 Å². The lowest BCUT2D eigenvalue weighted by Crippen LogP contribution is -2.42. The zero-order valence-electron chi connectivity index (χ0n) is 14.4. The molecule has 1 aliphatic carbocycles. The molecule has 1 aromatic carbocycles. The summed E-state index contributed by atoms with van der Waals surface area (Å²) >= 11 is 0. The molecule has 2 aliphatic rings. The number of aromatic nitrogens is 1. The van der Waals surface area contributed by atoms with Gasteiger partial charge in [-0.15, -0.1) is 0 Å². The number of ether oxygens (including phenoxy) is 2. The maximum atomic E-state index is 10.6. The molecule has 0 radical (unpaired) electrons. The Kier molecular flexibility index (Phi) is 4.49. The van der Waals surface area contributed by atoms with E-state index in [1.165, 1.54) is 0 Å². The van der Waals surface area contributed by atoms with Crippen molar-refractivity contribution in [2.75, 3.05) is 25.1 Å². The van der Waals surface area contributed by atoms with E-state index in [1.54, 1.807) is 7.11 Å². The van der Waals surface area contributed by atoms with Crippen molar-refractivity contribution in [1.29, 1.82) is 0 Å². The summed E-state index contributed by atoms with van der Waals surface area (Å²) in [6, 6.07) is 13.6. The molecular weight excluding hydrogens is 316 g/mol. The lowest BCUT2D eigenvalue weighted by atomic mass is 9.78. The number of hydrogen-bond donors (Lipinski definition) is 1. The lowest BCUT2D eigenvalue weighted by Gasteiger charge is -2.35. The first-order valence-corrected chi connectivity index (χ1v) is 8.88. The van der Waals surface area contributed by atoms with Crippen LogP contribution in [0.25, 0.3) is 0 Å².